The quantitative estimate of drug-likeness (QED) is 0.143. The highest BCUT2D eigenvalue weighted by molar-refractivity contribution is 7.16. The second-order valence-electron chi connectivity index (χ2n) is 13.5. The molecule has 1 aromatic carbocycles. The van der Waals surface area contributed by atoms with E-state index < -0.39 is 6.10 Å². The Morgan fingerprint density at radius 2 is 1.80 bits per heavy atom. The van der Waals surface area contributed by atoms with E-state index in [0.717, 1.165) is 61.9 Å². The number of carbonyl (C=O) groups is 1. The maximum atomic E-state index is 13.2. The van der Waals surface area contributed by atoms with Gasteiger partial charge in [0.2, 0.25) is 0 Å². The number of aliphatic hydroxyl groups excluding tert-OH is 1. The van der Waals surface area contributed by atoms with E-state index in [-0.39, 0.29) is 21.9 Å². The van der Waals surface area contributed by atoms with Gasteiger partial charge in [-0.1, -0.05) is 63.4 Å². The first-order chi connectivity index (χ1) is 21.7. The monoisotopic (exact) mass is 657 g/mol. The summed E-state index contributed by atoms with van der Waals surface area (Å²) in [7, 11) is 0. The number of nitrogens with one attached hydrogen (secondary N) is 2. The zero-order valence-corrected chi connectivity index (χ0v) is 28.6. The van der Waals surface area contributed by atoms with E-state index in [0.29, 0.717) is 33.9 Å². The van der Waals surface area contributed by atoms with E-state index >= 15 is 0 Å². The van der Waals surface area contributed by atoms with Crippen LogP contribution in [0.3, 0.4) is 0 Å². The van der Waals surface area contributed by atoms with Crippen LogP contribution in [-0.4, -0.2) is 81.7 Å². The van der Waals surface area contributed by atoms with Crippen molar-refractivity contribution in [2.75, 3.05) is 45.8 Å². The van der Waals surface area contributed by atoms with E-state index in [4.69, 9.17) is 0 Å². The number of rotatable bonds is 15. The fraction of sp³-hybridized carbons (Fsp3) is 0.676. The number of fused-ring (bicyclic) bond motifs is 1. The maximum Gasteiger partial charge on any atom is 0.305 e. The topological polar surface area (TPSA) is 122 Å². The van der Waals surface area contributed by atoms with Crippen molar-refractivity contribution in [1.29, 1.82) is 0 Å². The Kier molecular flexibility index (Phi) is 12.1. The average molecular weight is 658 g/mol. The Bertz CT molecular complexity index is 1440. The number of H-pyrrole nitrogens is 1. The SMILES string of the molecule is CC(C)c1nc(C(=O)N2CCCC3(CCN(CCCCCCCCCNC[C@H](O)c4ccc(O)c5[nH]c(=O)sc45)CC3)C2)cs1. The first-order valence-corrected chi connectivity index (χ1v) is 18.6. The molecule has 0 saturated carbocycles. The third-order valence-corrected chi connectivity index (χ3v) is 11.8. The molecule has 3 aromatic rings. The van der Waals surface area contributed by atoms with Crippen molar-refractivity contribution in [3.63, 3.8) is 0 Å². The number of piperidine rings is 2. The van der Waals surface area contributed by atoms with Crippen molar-refractivity contribution in [3.05, 3.63) is 43.4 Å². The Morgan fingerprint density at radius 3 is 2.53 bits per heavy atom. The molecule has 1 spiro atoms. The minimum Gasteiger partial charge on any atom is -0.506 e. The van der Waals surface area contributed by atoms with Crippen molar-refractivity contribution in [2.45, 2.75) is 96.5 Å². The normalized spacial score (nSPS) is 17.9. The van der Waals surface area contributed by atoms with E-state index in [2.05, 4.69) is 38.9 Å². The number of unbranched alkanes of at least 4 members (excludes halogenated alkanes) is 6. The Morgan fingerprint density at radius 1 is 1.07 bits per heavy atom. The third-order valence-electron chi connectivity index (χ3n) is 9.71. The molecule has 1 amide bonds. The molecule has 45 heavy (non-hydrogen) atoms. The number of thiazole rings is 2. The summed E-state index contributed by atoms with van der Waals surface area (Å²) >= 11 is 2.63. The standard InChI is InChI=1S/C34H51N5O4S2/c1-24(2)31-36-26(22-44-31)32(42)39-18-10-13-34(23-39)14-19-38(20-15-34)17-9-7-5-3-4-6-8-16-35-21-28(41)25-11-12-27(40)29-30(25)45-33(43)37-29/h11-12,22,24,28,35,40-41H,3-10,13-21,23H2,1-2H3,(H,37,43)/t28-/m0/s1. The zero-order chi connectivity index (χ0) is 31.8. The van der Waals surface area contributed by atoms with Gasteiger partial charge >= 0.3 is 4.87 Å². The summed E-state index contributed by atoms with van der Waals surface area (Å²) < 4.78 is 0.621. The van der Waals surface area contributed by atoms with Crippen molar-refractivity contribution in [1.82, 2.24) is 25.1 Å². The highest BCUT2D eigenvalue weighted by atomic mass is 32.1. The molecule has 2 saturated heterocycles. The van der Waals surface area contributed by atoms with Crippen LogP contribution in [0.2, 0.25) is 0 Å². The third kappa shape index (κ3) is 8.94. The molecule has 5 rings (SSSR count). The van der Waals surface area contributed by atoms with Crippen LogP contribution in [0.25, 0.3) is 10.2 Å². The van der Waals surface area contributed by atoms with Crippen molar-refractivity contribution in [3.8, 4) is 5.75 Å². The summed E-state index contributed by atoms with van der Waals surface area (Å²) in [6, 6.07) is 3.21. The van der Waals surface area contributed by atoms with Crippen LogP contribution in [0.5, 0.6) is 5.75 Å². The van der Waals surface area contributed by atoms with Crippen molar-refractivity contribution in [2.24, 2.45) is 5.41 Å². The molecule has 248 valence electrons. The number of likely N-dealkylation sites (tertiary alicyclic amines) is 2. The van der Waals surface area contributed by atoms with E-state index in [1.807, 2.05) is 5.38 Å². The van der Waals surface area contributed by atoms with E-state index in [9.17, 15) is 19.8 Å². The highest BCUT2D eigenvalue weighted by Gasteiger charge is 2.40. The fourth-order valence-corrected chi connectivity index (χ4v) is 8.70. The first kappa shape index (κ1) is 34.0. The fourth-order valence-electron chi connectivity index (χ4n) is 6.97. The molecule has 0 aliphatic carbocycles. The van der Waals surface area contributed by atoms with Gasteiger partial charge < -0.3 is 30.3 Å². The summed E-state index contributed by atoms with van der Waals surface area (Å²) in [6.45, 7) is 10.8. The largest absolute Gasteiger partial charge is 0.506 e. The van der Waals surface area contributed by atoms with Gasteiger partial charge in [-0.2, -0.15) is 0 Å². The second kappa shape index (κ2) is 16.0. The molecule has 11 heteroatoms. The molecule has 0 unspecified atom stereocenters. The lowest BCUT2D eigenvalue weighted by molar-refractivity contribution is 0.0208. The highest BCUT2D eigenvalue weighted by Crippen LogP contribution is 2.40. The van der Waals surface area contributed by atoms with Gasteiger partial charge in [-0.3, -0.25) is 9.59 Å². The van der Waals surface area contributed by atoms with Crippen LogP contribution in [0.4, 0.5) is 0 Å². The number of carbonyl (C=O) groups excluding carboxylic acids is 1. The van der Waals surface area contributed by atoms with Gasteiger partial charge in [-0.25, -0.2) is 4.98 Å². The lowest BCUT2D eigenvalue weighted by atomic mass is 9.72. The van der Waals surface area contributed by atoms with E-state index in [1.165, 1.54) is 70.4 Å². The number of aromatic nitrogens is 2. The summed E-state index contributed by atoms with van der Waals surface area (Å²) in [4.78, 5) is 36.6. The van der Waals surface area contributed by atoms with Gasteiger partial charge in [0, 0.05) is 36.5 Å². The van der Waals surface area contributed by atoms with Crippen LogP contribution in [0.1, 0.15) is 118 Å². The molecule has 1 atom stereocenters. The number of hydrogen-bond acceptors (Lipinski definition) is 9. The molecule has 0 bridgehead atoms. The van der Waals surface area contributed by atoms with Crippen LogP contribution >= 0.6 is 22.7 Å². The average Bonchev–Trinajstić information content (AvgIpc) is 3.68. The van der Waals surface area contributed by atoms with Crippen LogP contribution in [0, 0.1) is 5.41 Å². The van der Waals surface area contributed by atoms with Crippen molar-refractivity contribution >= 4 is 38.8 Å². The number of benzene rings is 1. The van der Waals surface area contributed by atoms with Crippen LogP contribution in [0.15, 0.2) is 22.3 Å². The number of amides is 1. The number of hydrogen-bond donors (Lipinski definition) is 4. The predicted molar refractivity (Wildman–Crippen MR) is 184 cm³/mol. The summed E-state index contributed by atoms with van der Waals surface area (Å²) in [5.74, 6) is 0.518. The minimum atomic E-state index is -0.723. The Labute approximate surface area is 275 Å². The van der Waals surface area contributed by atoms with Gasteiger partial charge in [-0.15, -0.1) is 11.3 Å². The molecule has 2 aliphatic rings. The number of aromatic hydroxyl groups is 1. The number of aromatic amines is 1. The van der Waals surface area contributed by atoms with Gasteiger partial charge in [0.1, 0.15) is 17.0 Å². The number of aliphatic hydroxyl groups is 1. The molecular formula is C34H51N5O4S2. The maximum absolute atomic E-state index is 13.2. The molecule has 2 fully saturated rings. The van der Waals surface area contributed by atoms with Crippen LogP contribution in [-0.2, 0) is 0 Å². The van der Waals surface area contributed by atoms with Gasteiger partial charge in [0.15, 0.2) is 0 Å². The molecular weight excluding hydrogens is 607 g/mol. The first-order valence-electron chi connectivity index (χ1n) is 17.0. The Balaban J connectivity index is 0.891. The Hall–Kier alpha value is -2.31. The summed E-state index contributed by atoms with van der Waals surface area (Å²) in [5, 5.41) is 26.9. The van der Waals surface area contributed by atoms with E-state index in [1.54, 1.807) is 17.4 Å². The molecule has 2 aliphatic heterocycles. The molecule has 2 aromatic heterocycles. The van der Waals surface area contributed by atoms with Crippen molar-refractivity contribution < 1.29 is 15.0 Å². The lowest BCUT2D eigenvalue weighted by Crippen LogP contribution is -2.51. The van der Waals surface area contributed by atoms with Gasteiger partial charge in [0.25, 0.3) is 5.91 Å². The van der Waals surface area contributed by atoms with Crippen LogP contribution < -0.4 is 10.2 Å². The second-order valence-corrected chi connectivity index (χ2v) is 15.4. The summed E-state index contributed by atoms with van der Waals surface area (Å²) in [6.07, 6.45) is 12.6. The number of nitrogens with zero attached hydrogens (tertiary/aromatic N) is 3. The molecule has 4 N–H and O–H groups in total. The minimum absolute atomic E-state index is 0.0293. The molecule has 0 radical (unpaired) electrons. The summed E-state index contributed by atoms with van der Waals surface area (Å²) in [5.41, 5.74) is 2.00. The molecule has 4 heterocycles. The van der Waals surface area contributed by atoms with Gasteiger partial charge in [-0.05, 0) is 76.2 Å². The zero-order valence-electron chi connectivity index (χ0n) is 27.0. The number of phenolic OH excluding ortho intramolecular Hbond substituents is 1. The molecule has 9 nitrogen and oxygen atoms in total. The predicted octanol–water partition coefficient (Wildman–Crippen LogP) is 6.25. The smallest absolute Gasteiger partial charge is 0.305 e. The lowest BCUT2D eigenvalue weighted by Gasteiger charge is -2.47. The number of phenols is 1. The van der Waals surface area contributed by atoms with Gasteiger partial charge in [0.05, 0.1) is 15.8 Å².